The molecule has 2 fully saturated rings. The highest BCUT2D eigenvalue weighted by Gasteiger charge is 2.42. The first kappa shape index (κ1) is 23.3. The smallest absolute Gasteiger partial charge is 0.306 e. The molecule has 1 heterocycles. The Kier molecular flexibility index (Phi) is 7.01. The first-order valence-corrected chi connectivity index (χ1v) is 11.8. The molecule has 2 aliphatic rings. The molecular weight excluding hydrogens is 378 g/mol. The number of hydrogen-bond donors (Lipinski definition) is 1. The molecule has 0 spiro atoms. The Morgan fingerprint density at radius 2 is 1.83 bits per heavy atom. The second kappa shape index (κ2) is 9.02. The van der Waals surface area contributed by atoms with Crippen LogP contribution in [0.2, 0.25) is 0 Å². The number of rotatable bonds is 9. The summed E-state index contributed by atoms with van der Waals surface area (Å²) in [5, 5.41) is 13.9. The maximum Gasteiger partial charge on any atom is 0.306 e. The van der Waals surface area contributed by atoms with E-state index in [1.54, 1.807) is 0 Å². The number of ether oxygens (including phenoxy) is 1. The van der Waals surface area contributed by atoms with Crippen LogP contribution in [0.3, 0.4) is 0 Å². The van der Waals surface area contributed by atoms with E-state index in [9.17, 15) is 9.90 Å². The Morgan fingerprint density at radius 1 is 1.17 bits per heavy atom. The molecule has 3 rings (SSSR count). The summed E-state index contributed by atoms with van der Waals surface area (Å²) in [5.41, 5.74) is 2.09. The van der Waals surface area contributed by atoms with Gasteiger partial charge in [0.25, 0.3) is 0 Å². The van der Waals surface area contributed by atoms with Crippen molar-refractivity contribution in [3.8, 4) is 0 Å². The molecule has 0 radical (unpaired) electrons. The van der Waals surface area contributed by atoms with Crippen molar-refractivity contribution < 1.29 is 19.2 Å². The van der Waals surface area contributed by atoms with Gasteiger partial charge in [0.05, 0.1) is 12.1 Å². The minimum atomic E-state index is -0.499. The van der Waals surface area contributed by atoms with Crippen molar-refractivity contribution in [1.82, 2.24) is 5.16 Å². The number of carbonyl (C=O) groups excluding carboxylic acids is 1. The molecule has 1 aromatic rings. The predicted octanol–water partition coefficient (Wildman–Crippen LogP) is 6.07. The van der Waals surface area contributed by atoms with Gasteiger partial charge in [-0.3, -0.25) is 4.79 Å². The summed E-state index contributed by atoms with van der Waals surface area (Å²) in [6.07, 6.45) is 7.63. The van der Waals surface area contributed by atoms with Crippen molar-refractivity contribution in [3.63, 3.8) is 0 Å². The SMILES string of the molecule is CC(C)(C)C[C@H]1C[C@@H](c2onc([C@@H](CCCO)CC(=O)OC(C)(C)C)c2C2CC2)C1. The van der Waals surface area contributed by atoms with E-state index in [0.717, 1.165) is 23.8 Å². The highest BCUT2D eigenvalue weighted by molar-refractivity contribution is 5.71. The van der Waals surface area contributed by atoms with Crippen LogP contribution in [0, 0.1) is 11.3 Å². The number of carbonyl (C=O) groups is 1. The van der Waals surface area contributed by atoms with Gasteiger partial charge in [-0.1, -0.05) is 25.9 Å². The van der Waals surface area contributed by atoms with Gasteiger partial charge in [-0.2, -0.15) is 0 Å². The van der Waals surface area contributed by atoms with E-state index in [-0.39, 0.29) is 18.5 Å². The third-order valence-corrected chi connectivity index (χ3v) is 6.21. The lowest BCUT2D eigenvalue weighted by Gasteiger charge is -2.38. The van der Waals surface area contributed by atoms with E-state index >= 15 is 0 Å². The van der Waals surface area contributed by atoms with Gasteiger partial charge in [0.15, 0.2) is 0 Å². The molecule has 0 aromatic carbocycles. The number of nitrogens with zero attached hydrogens (tertiary/aromatic N) is 1. The lowest BCUT2D eigenvalue weighted by molar-refractivity contribution is -0.155. The van der Waals surface area contributed by atoms with Crippen molar-refractivity contribution in [3.05, 3.63) is 17.0 Å². The van der Waals surface area contributed by atoms with Crippen LogP contribution >= 0.6 is 0 Å². The first-order valence-electron chi connectivity index (χ1n) is 11.8. The predicted molar refractivity (Wildman–Crippen MR) is 118 cm³/mol. The maximum absolute atomic E-state index is 12.5. The molecule has 0 bridgehead atoms. The summed E-state index contributed by atoms with van der Waals surface area (Å²) in [5.74, 6) is 2.59. The Labute approximate surface area is 181 Å². The lowest BCUT2D eigenvalue weighted by atomic mass is 9.66. The second-order valence-electron chi connectivity index (χ2n) is 11.8. The zero-order valence-electron chi connectivity index (χ0n) is 19.8. The number of esters is 1. The third kappa shape index (κ3) is 6.32. The van der Waals surface area contributed by atoms with Gasteiger partial charge in [0.1, 0.15) is 11.4 Å². The number of aliphatic hydroxyl groups is 1. The second-order valence-corrected chi connectivity index (χ2v) is 11.8. The molecule has 2 aliphatic carbocycles. The first-order chi connectivity index (χ1) is 14.0. The van der Waals surface area contributed by atoms with Crippen molar-refractivity contribution >= 4 is 5.97 Å². The molecule has 1 atom stereocenters. The largest absolute Gasteiger partial charge is 0.460 e. The van der Waals surface area contributed by atoms with Crippen LogP contribution in [-0.2, 0) is 9.53 Å². The van der Waals surface area contributed by atoms with Gasteiger partial charge >= 0.3 is 5.97 Å². The van der Waals surface area contributed by atoms with Crippen LogP contribution in [0.15, 0.2) is 4.52 Å². The zero-order chi connectivity index (χ0) is 22.1. The molecular formula is C25H41NO4. The summed E-state index contributed by atoms with van der Waals surface area (Å²) in [6, 6.07) is 0. The minimum absolute atomic E-state index is 0.0504. The monoisotopic (exact) mass is 419 g/mol. The Hall–Kier alpha value is -1.36. The van der Waals surface area contributed by atoms with E-state index in [1.807, 2.05) is 20.8 Å². The van der Waals surface area contributed by atoms with Crippen LogP contribution in [0.5, 0.6) is 0 Å². The van der Waals surface area contributed by atoms with E-state index in [2.05, 4.69) is 25.9 Å². The van der Waals surface area contributed by atoms with Crippen LogP contribution in [0.1, 0.15) is 128 Å². The van der Waals surface area contributed by atoms with Crippen LogP contribution in [0.25, 0.3) is 0 Å². The highest BCUT2D eigenvalue weighted by Crippen LogP contribution is 2.53. The van der Waals surface area contributed by atoms with Gasteiger partial charge in [0, 0.05) is 24.0 Å². The average Bonchev–Trinajstić information content (AvgIpc) is 3.31. The molecule has 5 nitrogen and oxygen atoms in total. The van der Waals surface area contributed by atoms with Crippen LogP contribution in [0.4, 0.5) is 0 Å². The van der Waals surface area contributed by atoms with Gasteiger partial charge in [-0.25, -0.2) is 0 Å². The normalized spacial score (nSPS) is 23.2. The molecule has 5 heteroatoms. The molecule has 170 valence electrons. The average molecular weight is 420 g/mol. The Morgan fingerprint density at radius 3 is 2.37 bits per heavy atom. The van der Waals surface area contributed by atoms with Gasteiger partial charge < -0.3 is 14.4 Å². The van der Waals surface area contributed by atoms with E-state index in [4.69, 9.17) is 9.26 Å². The molecule has 0 unspecified atom stereocenters. The third-order valence-electron chi connectivity index (χ3n) is 6.21. The lowest BCUT2D eigenvalue weighted by Crippen LogP contribution is -2.26. The Balaban J connectivity index is 1.75. The van der Waals surface area contributed by atoms with E-state index < -0.39 is 5.60 Å². The number of hydrogen-bond acceptors (Lipinski definition) is 5. The van der Waals surface area contributed by atoms with Crippen molar-refractivity contribution in [2.75, 3.05) is 6.61 Å². The van der Waals surface area contributed by atoms with Crippen molar-refractivity contribution in [2.24, 2.45) is 11.3 Å². The molecule has 2 saturated carbocycles. The summed E-state index contributed by atoms with van der Waals surface area (Å²) >= 11 is 0. The molecule has 1 N–H and O–H groups in total. The standard InChI is InChI=1S/C25H41NO4/c1-24(2,3)15-16-12-19(13-16)23-21(17-9-10-17)22(26-30-23)18(8-7-11-27)14-20(28)29-25(4,5)6/h16-19,27H,7-15H2,1-6H3/t16-,18-,19+/m0/s1. The Bertz CT molecular complexity index is 714. The van der Waals surface area contributed by atoms with Crippen LogP contribution < -0.4 is 0 Å². The molecule has 0 aliphatic heterocycles. The van der Waals surface area contributed by atoms with E-state index in [0.29, 0.717) is 30.1 Å². The maximum atomic E-state index is 12.5. The summed E-state index contributed by atoms with van der Waals surface area (Å²) in [4.78, 5) is 12.5. The van der Waals surface area contributed by atoms with Crippen LogP contribution in [-0.4, -0.2) is 28.4 Å². The van der Waals surface area contributed by atoms with Crippen molar-refractivity contribution in [1.29, 1.82) is 0 Å². The van der Waals surface area contributed by atoms with Crippen molar-refractivity contribution in [2.45, 2.75) is 116 Å². The minimum Gasteiger partial charge on any atom is -0.460 e. The fourth-order valence-corrected chi connectivity index (χ4v) is 4.93. The fraction of sp³-hybridized carbons (Fsp3) is 0.840. The topological polar surface area (TPSA) is 72.6 Å². The fourth-order valence-electron chi connectivity index (χ4n) is 4.93. The molecule has 30 heavy (non-hydrogen) atoms. The van der Waals surface area contributed by atoms with Gasteiger partial charge in [-0.05, 0) is 83.0 Å². The summed E-state index contributed by atoms with van der Waals surface area (Å²) in [7, 11) is 0. The number of aliphatic hydroxyl groups excluding tert-OH is 1. The quantitative estimate of drug-likeness (QED) is 0.492. The van der Waals surface area contributed by atoms with E-state index in [1.165, 1.54) is 37.7 Å². The van der Waals surface area contributed by atoms with Gasteiger partial charge in [-0.15, -0.1) is 0 Å². The summed E-state index contributed by atoms with van der Waals surface area (Å²) < 4.78 is 11.5. The highest BCUT2D eigenvalue weighted by atomic mass is 16.6. The molecule has 1 aromatic heterocycles. The van der Waals surface area contributed by atoms with Gasteiger partial charge in [0.2, 0.25) is 0 Å². The summed E-state index contributed by atoms with van der Waals surface area (Å²) in [6.45, 7) is 12.7. The zero-order valence-corrected chi connectivity index (χ0v) is 19.8. The molecule has 0 amide bonds. The molecule has 0 saturated heterocycles. The number of aromatic nitrogens is 1.